The molecule has 0 spiro atoms. The molecule has 202 valence electrons. The molecule has 0 fully saturated rings. The van der Waals surface area contributed by atoms with Crippen LogP contribution in [-0.4, -0.2) is 86.9 Å². The van der Waals surface area contributed by atoms with Crippen molar-refractivity contribution in [3.8, 4) is 0 Å². The van der Waals surface area contributed by atoms with Crippen molar-refractivity contribution in [1.29, 1.82) is 0 Å². The van der Waals surface area contributed by atoms with Gasteiger partial charge in [0, 0.05) is 19.3 Å². The molecule has 36 heavy (non-hydrogen) atoms. The first-order valence-electron chi connectivity index (χ1n) is 10.5. The van der Waals surface area contributed by atoms with Gasteiger partial charge in [0.15, 0.2) is 0 Å². The van der Waals surface area contributed by atoms with Crippen molar-refractivity contribution >= 4 is 47.4 Å². The van der Waals surface area contributed by atoms with Gasteiger partial charge >= 0.3 is 17.9 Å². The van der Waals surface area contributed by atoms with E-state index in [9.17, 15) is 38.4 Å². The van der Waals surface area contributed by atoms with E-state index in [1.807, 2.05) is 5.32 Å². The number of amides is 5. The minimum Gasteiger partial charge on any atom is -0.481 e. The lowest BCUT2D eigenvalue weighted by Gasteiger charge is -2.24. The predicted molar refractivity (Wildman–Crippen MR) is 117 cm³/mol. The number of carboxylic acid groups (broad SMARTS) is 3. The Morgan fingerprint density at radius 1 is 0.583 bits per heavy atom. The lowest BCUT2D eigenvalue weighted by atomic mass is 10.1. The van der Waals surface area contributed by atoms with Gasteiger partial charge in [0.05, 0.1) is 12.5 Å². The summed E-state index contributed by atoms with van der Waals surface area (Å²) < 4.78 is 0. The number of primary amides is 2. The molecule has 0 saturated heterocycles. The molecule has 17 heteroatoms. The lowest BCUT2D eigenvalue weighted by Crippen LogP contribution is -2.57. The first-order chi connectivity index (χ1) is 16.6. The van der Waals surface area contributed by atoms with E-state index in [1.54, 1.807) is 0 Å². The highest BCUT2D eigenvalue weighted by Gasteiger charge is 2.31. The Bertz CT molecular complexity index is 878. The molecule has 4 atom stereocenters. The van der Waals surface area contributed by atoms with E-state index in [0.717, 1.165) is 0 Å². The molecule has 0 aliphatic carbocycles. The van der Waals surface area contributed by atoms with E-state index in [0.29, 0.717) is 0 Å². The molecule has 0 saturated carbocycles. The molecule has 17 nitrogen and oxygen atoms in total. The van der Waals surface area contributed by atoms with Gasteiger partial charge in [-0.2, -0.15) is 0 Å². The van der Waals surface area contributed by atoms with Gasteiger partial charge < -0.3 is 48.5 Å². The summed E-state index contributed by atoms with van der Waals surface area (Å²) >= 11 is 0. The molecule has 12 N–H and O–H groups in total. The Hall–Kier alpha value is -4.28. The Labute approximate surface area is 204 Å². The maximum Gasteiger partial charge on any atom is 0.326 e. The fourth-order valence-corrected chi connectivity index (χ4v) is 2.72. The number of nitrogens with one attached hydrogen (secondary N) is 3. The second-order valence-electron chi connectivity index (χ2n) is 7.67. The zero-order valence-corrected chi connectivity index (χ0v) is 19.1. The van der Waals surface area contributed by atoms with Crippen LogP contribution in [-0.2, 0) is 38.4 Å². The van der Waals surface area contributed by atoms with Crippen LogP contribution in [0.1, 0.15) is 44.9 Å². The molecule has 0 aromatic rings. The van der Waals surface area contributed by atoms with Crippen LogP contribution in [0, 0.1) is 0 Å². The van der Waals surface area contributed by atoms with Crippen LogP contribution in [0.15, 0.2) is 0 Å². The Morgan fingerprint density at radius 2 is 1.00 bits per heavy atom. The normalized spacial score (nSPS) is 13.8. The van der Waals surface area contributed by atoms with Crippen LogP contribution in [0.25, 0.3) is 0 Å². The number of hydrogen-bond donors (Lipinski definition) is 9. The van der Waals surface area contributed by atoms with Gasteiger partial charge in [0.25, 0.3) is 0 Å². The second-order valence-corrected chi connectivity index (χ2v) is 7.67. The fraction of sp³-hybridized carbons (Fsp3) is 0.579. The zero-order valence-electron chi connectivity index (χ0n) is 19.1. The number of carbonyl (C=O) groups is 8. The van der Waals surface area contributed by atoms with Crippen molar-refractivity contribution in [2.75, 3.05) is 0 Å². The SMILES string of the molecule is NC(=O)CCC(N)C(=O)NC(CCC(N)=O)C(=O)NC(CCC(=O)O)C(=O)NC(CC(=O)O)C(=O)O. The summed E-state index contributed by atoms with van der Waals surface area (Å²) in [5.74, 6) is -9.32. The highest BCUT2D eigenvalue weighted by molar-refractivity contribution is 5.95. The van der Waals surface area contributed by atoms with Crippen molar-refractivity contribution in [3.05, 3.63) is 0 Å². The van der Waals surface area contributed by atoms with E-state index in [-0.39, 0.29) is 25.7 Å². The second kappa shape index (κ2) is 15.6. The number of nitrogens with two attached hydrogens (primary N) is 3. The third-order valence-corrected chi connectivity index (χ3v) is 4.62. The standard InChI is InChI=1S/C19H30N6O11/c20-8(1-4-12(21)26)16(32)23-9(2-5-13(22)27)17(33)24-10(3-6-14(28)29)18(34)25-11(19(35)36)7-15(30)31/h8-11H,1-7,20H2,(H2,21,26)(H2,22,27)(H,23,32)(H,24,33)(H,25,34)(H,28,29)(H,30,31)(H,35,36). The summed E-state index contributed by atoms with van der Waals surface area (Å²) in [6, 6.07) is -6.28. The number of rotatable bonds is 18. The first kappa shape index (κ1) is 31.7. The predicted octanol–water partition coefficient (Wildman–Crippen LogP) is -4.28. The molecule has 0 aromatic heterocycles. The first-order valence-corrected chi connectivity index (χ1v) is 10.5. The van der Waals surface area contributed by atoms with Gasteiger partial charge in [-0.1, -0.05) is 0 Å². The highest BCUT2D eigenvalue weighted by Crippen LogP contribution is 2.05. The number of hydrogen-bond acceptors (Lipinski definition) is 9. The van der Waals surface area contributed by atoms with Gasteiger partial charge in [0.1, 0.15) is 18.1 Å². The molecule has 0 aromatic carbocycles. The van der Waals surface area contributed by atoms with Crippen LogP contribution in [0.3, 0.4) is 0 Å². The number of aliphatic carboxylic acids is 3. The fourth-order valence-electron chi connectivity index (χ4n) is 2.72. The van der Waals surface area contributed by atoms with Crippen molar-refractivity contribution in [3.63, 3.8) is 0 Å². The third kappa shape index (κ3) is 13.4. The average Bonchev–Trinajstić information content (AvgIpc) is 2.75. The van der Waals surface area contributed by atoms with Crippen LogP contribution in [0.4, 0.5) is 0 Å². The maximum absolute atomic E-state index is 12.8. The molecule has 0 radical (unpaired) electrons. The van der Waals surface area contributed by atoms with Crippen molar-refractivity contribution in [2.45, 2.75) is 69.1 Å². The van der Waals surface area contributed by atoms with E-state index in [4.69, 9.17) is 32.5 Å². The molecular formula is C19H30N6O11. The van der Waals surface area contributed by atoms with Gasteiger partial charge in [-0.05, 0) is 19.3 Å². The summed E-state index contributed by atoms with van der Waals surface area (Å²) in [6.07, 6.45) is -3.30. The summed E-state index contributed by atoms with van der Waals surface area (Å²) in [5.41, 5.74) is 15.7. The van der Waals surface area contributed by atoms with Crippen LogP contribution < -0.4 is 33.2 Å². The van der Waals surface area contributed by atoms with E-state index >= 15 is 0 Å². The number of carboxylic acids is 3. The molecular weight excluding hydrogens is 488 g/mol. The topological polar surface area (TPSA) is 311 Å². The van der Waals surface area contributed by atoms with Crippen molar-refractivity contribution in [2.24, 2.45) is 17.2 Å². The summed E-state index contributed by atoms with van der Waals surface area (Å²) in [5, 5.41) is 33.1. The van der Waals surface area contributed by atoms with E-state index in [2.05, 4.69) is 10.6 Å². The number of carbonyl (C=O) groups excluding carboxylic acids is 5. The monoisotopic (exact) mass is 518 g/mol. The summed E-state index contributed by atoms with van der Waals surface area (Å²) in [4.78, 5) is 92.7. The quantitative estimate of drug-likeness (QED) is 0.0832. The Kier molecular flexibility index (Phi) is 13.7. The maximum atomic E-state index is 12.8. The molecule has 0 bridgehead atoms. The highest BCUT2D eigenvalue weighted by atomic mass is 16.4. The molecule has 5 amide bonds. The van der Waals surface area contributed by atoms with E-state index in [1.165, 1.54) is 0 Å². The summed E-state index contributed by atoms with van der Waals surface area (Å²) in [7, 11) is 0. The van der Waals surface area contributed by atoms with Crippen LogP contribution in [0.5, 0.6) is 0 Å². The zero-order chi connectivity index (χ0) is 28.0. The molecule has 0 aliphatic rings. The third-order valence-electron chi connectivity index (χ3n) is 4.62. The molecule has 4 unspecified atom stereocenters. The molecule has 0 rings (SSSR count). The van der Waals surface area contributed by atoms with E-state index < -0.39 is 90.9 Å². The minimum absolute atomic E-state index is 0.158. The van der Waals surface area contributed by atoms with Gasteiger partial charge in [-0.3, -0.25) is 33.6 Å². The summed E-state index contributed by atoms with van der Waals surface area (Å²) in [6.45, 7) is 0. The largest absolute Gasteiger partial charge is 0.481 e. The average molecular weight is 518 g/mol. The Morgan fingerprint density at radius 3 is 1.42 bits per heavy atom. The molecule has 0 heterocycles. The smallest absolute Gasteiger partial charge is 0.326 e. The van der Waals surface area contributed by atoms with Crippen molar-refractivity contribution in [1.82, 2.24) is 16.0 Å². The minimum atomic E-state index is -1.88. The Balaban J connectivity index is 5.64. The van der Waals surface area contributed by atoms with Crippen molar-refractivity contribution < 1.29 is 53.7 Å². The van der Waals surface area contributed by atoms with Crippen LogP contribution in [0.2, 0.25) is 0 Å². The van der Waals surface area contributed by atoms with Gasteiger partial charge in [-0.15, -0.1) is 0 Å². The van der Waals surface area contributed by atoms with Crippen LogP contribution >= 0.6 is 0 Å². The molecule has 0 aliphatic heterocycles. The van der Waals surface area contributed by atoms with Gasteiger partial charge in [0.2, 0.25) is 29.5 Å². The lowest BCUT2D eigenvalue weighted by molar-refractivity contribution is -0.147. The van der Waals surface area contributed by atoms with Gasteiger partial charge in [-0.25, -0.2) is 4.79 Å².